The van der Waals surface area contributed by atoms with Crippen molar-refractivity contribution in [3.8, 4) is 0 Å². The second-order valence-electron chi connectivity index (χ2n) is 4.86. The summed E-state index contributed by atoms with van der Waals surface area (Å²) in [4.78, 5) is 0. The van der Waals surface area contributed by atoms with Crippen molar-refractivity contribution in [2.45, 2.75) is 27.3 Å². The molecule has 0 saturated heterocycles. The zero-order chi connectivity index (χ0) is 14.0. The van der Waals surface area contributed by atoms with Gasteiger partial charge >= 0.3 is 0 Å². The molecule has 0 heterocycles. The van der Waals surface area contributed by atoms with Crippen LogP contribution in [0.3, 0.4) is 0 Å². The van der Waals surface area contributed by atoms with Crippen molar-refractivity contribution >= 4 is 17.3 Å². The largest absolute Gasteiger partial charge is 0.380 e. The summed E-state index contributed by atoms with van der Waals surface area (Å²) in [7, 11) is 0. The van der Waals surface area contributed by atoms with E-state index >= 15 is 0 Å². The van der Waals surface area contributed by atoms with Gasteiger partial charge in [0.15, 0.2) is 0 Å². The van der Waals surface area contributed by atoms with Gasteiger partial charge in [-0.25, -0.2) is 4.39 Å². The first kappa shape index (κ1) is 13.9. The molecular formula is C16H17ClFN. The minimum Gasteiger partial charge on any atom is -0.380 e. The first-order valence-electron chi connectivity index (χ1n) is 6.23. The fourth-order valence-electron chi connectivity index (χ4n) is 2.31. The van der Waals surface area contributed by atoms with Crippen LogP contribution in [0.5, 0.6) is 0 Å². The van der Waals surface area contributed by atoms with Gasteiger partial charge in [-0.3, -0.25) is 0 Å². The lowest BCUT2D eigenvalue weighted by molar-refractivity contribution is 0.627. The van der Waals surface area contributed by atoms with Gasteiger partial charge in [0.05, 0.1) is 0 Å². The molecule has 0 aromatic heterocycles. The van der Waals surface area contributed by atoms with Crippen LogP contribution in [-0.2, 0) is 6.54 Å². The number of hydrogen-bond acceptors (Lipinski definition) is 1. The van der Waals surface area contributed by atoms with Crippen LogP contribution in [-0.4, -0.2) is 0 Å². The number of halogens is 2. The molecule has 0 bridgehead atoms. The maximum absolute atomic E-state index is 13.0. The molecule has 0 radical (unpaired) electrons. The van der Waals surface area contributed by atoms with Crippen LogP contribution in [0.15, 0.2) is 30.3 Å². The van der Waals surface area contributed by atoms with Gasteiger partial charge in [-0.05, 0) is 49.6 Å². The lowest BCUT2D eigenvalue weighted by Gasteiger charge is -2.14. The lowest BCUT2D eigenvalue weighted by Crippen LogP contribution is -2.04. The molecule has 0 fully saturated rings. The third-order valence-electron chi connectivity index (χ3n) is 3.15. The van der Waals surface area contributed by atoms with Crippen LogP contribution in [0.4, 0.5) is 10.1 Å². The molecule has 100 valence electrons. The first-order chi connectivity index (χ1) is 8.97. The number of anilines is 1. The van der Waals surface area contributed by atoms with Crippen LogP contribution in [0, 0.1) is 26.6 Å². The quantitative estimate of drug-likeness (QED) is 0.831. The summed E-state index contributed by atoms with van der Waals surface area (Å²) in [5, 5.41) is 3.83. The van der Waals surface area contributed by atoms with Crippen molar-refractivity contribution in [3.05, 3.63) is 63.4 Å². The molecular weight excluding hydrogens is 261 g/mol. The Morgan fingerprint density at radius 1 is 1.05 bits per heavy atom. The molecule has 0 atom stereocenters. The summed E-state index contributed by atoms with van der Waals surface area (Å²) in [6, 6.07) is 8.76. The standard InChI is InChI=1S/C16H17ClFN/c1-10-6-11(2)16(12(3)7-10)19-9-13-4-5-14(18)8-15(13)17/h4-8,19H,9H2,1-3H3. The van der Waals surface area contributed by atoms with Crippen LogP contribution in [0.25, 0.3) is 0 Å². The Balaban J connectivity index is 2.19. The molecule has 0 unspecified atom stereocenters. The van der Waals surface area contributed by atoms with E-state index in [1.807, 2.05) is 0 Å². The van der Waals surface area contributed by atoms with Crippen molar-refractivity contribution in [1.82, 2.24) is 0 Å². The first-order valence-corrected chi connectivity index (χ1v) is 6.61. The van der Waals surface area contributed by atoms with Gasteiger partial charge in [-0.15, -0.1) is 0 Å². The molecule has 0 aliphatic rings. The predicted octanol–water partition coefficient (Wildman–Crippen LogP) is 5.02. The topological polar surface area (TPSA) is 12.0 Å². The molecule has 0 amide bonds. The van der Waals surface area contributed by atoms with Gasteiger partial charge in [0.2, 0.25) is 0 Å². The van der Waals surface area contributed by atoms with Gasteiger partial charge in [0.25, 0.3) is 0 Å². The van der Waals surface area contributed by atoms with Gasteiger partial charge < -0.3 is 5.32 Å². The number of benzene rings is 2. The van der Waals surface area contributed by atoms with E-state index in [-0.39, 0.29) is 5.82 Å². The Labute approximate surface area is 118 Å². The number of hydrogen-bond donors (Lipinski definition) is 1. The monoisotopic (exact) mass is 277 g/mol. The second kappa shape index (κ2) is 5.62. The Morgan fingerprint density at radius 3 is 2.26 bits per heavy atom. The Hall–Kier alpha value is -1.54. The molecule has 0 spiro atoms. The van der Waals surface area contributed by atoms with Gasteiger partial charge in [-0.2, -0.15) is 0 Å². The van der Waals surface area contributed by atoms with E-state index in [1.165, 1.54) is 28.8 Å². The van der Waals surface area contributed by atoms with Crippen molar-refractivity contribution in [3.63, 3.8) is 0 Å². The minimum atomic E-state index is -0.309. The van der Waals surface area contributed by atoms with Crippen LogP contribution in [0.1, 0.15) is 22.3 Å². The molecule has 19 heavy (non-hydrogen) atoms. The van der Waals surface area contributed by atoms with Gasteiger partial charge in [0, 0.05) is 17.3 Å². The molecule has 0 aliphatic carbocycles. The highest BCUT2D eigenvalue weighted by Gasteiger charge is 2.06. The molecule has 2 aromatic rings. The summed E-state index contributed by atoms with van der Waals surface area (Å²) in [5.74, 6) is -0.309. The van der Waals surface area contributed by atoms with E-state index in [4.69, 9.17) is 11.6 Å². The average Bonchev–Trinajstić information content (AvgIpc) is 2.30. The zero-order valence-electron chi connectivity index (χ0n) is 11.3. The smallest absolute Gasteiger partial charge is 0.124 e. The molecule has 2 aromatic carbocycles. The highest BCUT2D eigenvalue weighted by atomic mass is 35.5. The molecule has 0 saturated carbocycles. The fourth-order valence-corrected chi connectivity index (χ4v) is 2.54. The molecule has 0 aliphatic heterocycles. The van der Waals surface area contributed by atoms with E-state index in [0.717, 1.165) is 11.3 Å². The zero-order valence-corrected chi connectivity index (χ0v) is 12.1. The summed E-state index contributed by atoms with van der Waals surface area (Å²) < 4.78 is 13.0. The maximum Gasteiger partial charge on any atom is 0.124 e. The second-order valence-corrected chi connectivity index (χ2v) is 5.27. The van der Waals surface area contributed by atoms with Crippen LogP contribution in [0.2, 0.25) is 5.02 Å². The van der Waals surface area contributed by atoms with Crippen molar-refractivity contribution in [2.24, 2.45) is 0 Å². The van der Waals surface area contributed by atoms with E-state index in [1.54, 1.807) is 6.07 Å². The summed E-state index contributed by atoms with van der Waals surface area (Å²) in [6.07, 6.45) is 0. The van der Waals surface area contributed by atoms with E-state index in [2.05, 4.69) is 38.2 Å². The minimum absolute atomic E-state index is 0.309. The summed E-state index contributed by atoms with van der Waals surface area (Å²) >= 11 is 6.02. The highest BCUT2D eigenvalue weighted by Crippen LogP contribution is 2.24. The number of rotatable bonds is 3. The Bertz CT molecular complexity index is 585. The highest BCUT2D eigenvalue weighted by molar-refractivity contribution is 6.31. The van der Waals surface area contributed by atoms with Crippen LogP contribution < -0.4 is 5.32 Å². The molecule has 1 N–H and O–H groups in total. The van der Waals surface area contributed by atoms with Gasteiger partial charge in [0.1, 0.15) is 5.82 Å². The number of aryl methyl sites for hydroxylation is 3. The third kappa shape index (κ3) is 3.27. The fraction of sp³-hybridized carbons (Fsp3) is 0.250. The van der Waals surface area contributed by atoms with E-state index in [0.29, 0.717) is 11.6 Å². The average molecular weight is 278 g/mol. The van der Waals surface area contributed by atoms with Crippen molar-refractivity contribution < 1.29 is 4.39 Å². The maximum atomic E-state index is 13.0. The Kier molecular flexibility index (Phi) is 4.11. The lowest BCUT2D eigenvalue weighted by atomic mass is 10.0. The Morgan fingerprint density at radius 2 is 1.68 bits per heavy atom. The van der Waals surface area contributed by atoms with E-state index in [9.17, 15) is 4.39 Å². The van der Waals surface area contributed by atoms with Gasteiger partial charge in [-0.1, -0.05) is 35.4 Å². The SMILES string of the molecule is Cc1cc(C)c(NCc2ccc(F)cc2Cl)c(C)c1. The molecule has 2 rings (SSSR count). The predicted molar refractivity (Wildman–Crippen MR) is 79.4 cm³/mol. The number of nitrogens with one attached hydrogen (secondary N) is 1. The molecule has 3 heteroatoms. The summed E-state index contributed by atoms with van der Waals surface area (Å²) in [5.41, 5.74) is 5.67. The van der Waals surface area contributed by atoms with E-state index < -0.39 is 0 Å². The third-order valence-corrected chi connectivity index (χ3v) is 3.50. The normalized spacial score (nSPS) is 10.6. The van der Waals surface area contributed by atoms with Crippen LogP contribution >= 0.6 is 11.6 Å². The van der Waals surface area contributed by atoms with Crippen molar-refractivity contribution in [1.29, 1.82) is 0 Å². The van der Waals surface area contributed by atoms with Crippen molar-refractivity contribution in [2.75, 3.05) is 5.32 Å². The molecule has 1 nitrogen and oxygen atoms in total. The summed E-state index contributed by atoms with van der Waals surface area (Å²) in [6.45, 7) is 6.83.